The normalized spacial score (nSPS) is 10.7. The van der Waals surface area contributed by atoms with Crippen LogP contribution in [0.5, 0.6) is 0 Å². The number of carbonyl (C=O) groups is 1. The Kier molecular flexibility index (Phi) is 2.41. The van der Waals surface area contributed by atoms with Crippen LogP contribution in [-0.2, 0) is 0 Å². The van der Waals surface area contributed by atoms with E-state index in [4.69, 9.17) is 4.52 Å². The van der Waals surface area contributed by atoms with Crippen LogP contribution < -0.4 is 0 Å². The van der Waals surface area contributed by atoms with Crippen LogP contribution in [-0.4, -0.2) is 11.4 Å². The number of carbonyl (C=O) groups excluding carboxylic acids is 1. The van der Waals surface area contributed by atoms with E-state index < -0.39 is 5.82 Å². The highest BCUT2D eigenvalue weighted by Crippen LogP contribution is 2.30. The van der Waals surface area contributed by atoms with E-state index in [1.54, 1.807) is 6.07 Å². The molecular formula is C14H8FNO2. The maximum absolute atomic E-state index is 14.1. The number of aldehydes is 1. The maximum Gasteiger partial charge on any atom is 0.170 e. The second-order valence-corrected chi connectivity index (χ2v) is 3.86. The summed E-state index contributed by atoms with van der Waals surface area (Å²) >= 11 is 0. The minimum absolute atomic E-state index is 0.00267. The third-order valence-electron chi connectivity index (χ3n) is 2.78. The third-order valence-corrected chi connectivity index (χ3v) is 2.78. The molecule has 0 radical (unpaired) electrons. The van der Waals surface area contributed by atoms with Crippen LogP contribution >= 0.6 is 0 Å². The second kappa shape index (κ2) is 4.07. The zero-order valence-electron chi connectivity index (χ0n) is 9.26. The number of fused-ring (bicyclic) bond motifs is 1. The lowest BCUT2D eigenvalue weighted by Crippen LogP contribution is -1.89. The minimum atomic E-state index is -0.595. The molecule has 3 nitrogen and oxygen atoms in total. The van der Waals surface area contributed by atoms with Crippen molar-refractivity contribution >= 4 is 17.3 Å². The first-order valence-electron chi connectivity index (χ1n) is 5.40. The molecule has 0 N–H and O–H groups in total. The van der Waals surface area contributed by atoms with E-state index in [9.17, 15) is 9.18 Å². The molecule has 0 aliphatic heterocycles. The van der Waals surface area contributed by atoms with Gasteiger partial charge >= 0.3 is 0 Å². The Bertz CT molecular complexity index is 719. The smallest absolute Gasteiger partial charge is 0.170 e. The van der Waals surface area contributed by atoms with Crippen LogP contribution in [0.3, 0.4) is 0 Å². The summed E-state index contributed by atoms with van der Waals surface area (Å²) < 4.78 is 19.2. The molecule has 3 rings (SSSR count). The van der Waals surface area contributed by atoms with Crippen molar-refractivity contribution in [2.24, 2.45) is 0 Å². The fourth-order valence-corrected chi connectivity index (χ4v) is 1.90. The molecule has 0 aliphatic rings. The molecule has 0 aliphatic carbocycles. The van der Waals surface area contributed by atoms with Gasteiger partial charge in [-0.15, -0.1) is 0 Å². The van der Waals surface area contributed by atoms with Gasteiger partial charge in [-0.3, -0.25) is 4.79 Å². The summed E-state index contributed by atoms with van der Waals surface area (Å²) in [6.07, 6.45) is 0.483. The lowest BCUT2D eigenvalue weighted by molar-refractivity contribution is 0.112. The van der Waals surface area contributed by atoms with Crippen LogP contribution in [0.25, 0.3) is 22.2 Å². The van der Waals surface area contributed by atoms with E-state index in [0.717, 1.165) is 5.56 Å². The summed E-state index contributed by atoms with van der Waals surface area (Å²) in [7, 11) is 0. The summed E-state index contributed by atoms with van der Waals surface area (Å²) in [6, 6.07) is 12.1. The van der Waals surface area contributed by atoms with Gasteiger partial charge in [-0.2, -0.15) is 0 Å². The summed E-state index contributed by atoms with van der Waals surface area (Å²) in [5.74, 6) is -0.595. The molecular weight excluding hydrogens is 233 g/mol. The quantitative estimate of drug-likeness (QED) is 0.645. The zero-order chi connectivity index (χ0) is 12.5. The van der Waals surface area contributed by atoms with Crippen molar-refractivity contribution in [2.45, 2.75) is 0 Å². The van der Waals surface area contributed by atoms with Gasteiger partial charge in [-0.05, 0) is 12.1 Å². The van der Waals surface area contributed by atoms with Gasteiger partial charge < -0.3 is 4.52 Å². The molecule has 0 amide bonds. The van der Waals surface area contributed by atoms with Crippen LogP contribution in [0.1, 0.15) is 10.4 Å². The average Bonchev–Trinajstić information content (AvgIpc) is 2.85. The first-order valence-corrected chi connectivity index (χ1v) is 5.40. The van der Waals surface area contributed by atoms with E-state index in [-0.39, 0.29) is 10.9 Å². The summed E-state index contributed by atoms with van der Waals surface area (Å²) in [5.41, 5.74) is 1.49. The van der Waals surface area contributed by atoms with Gasteiger partial charge in [-0.25, -0.2) is 4.39 Å². The predicted octanol–water partition coefficient (Wildman–Crippen LogP) is 3.45. The van der Waals surface area contributed by atoms with Gasteiger partial charge in [0.1, 0.15) is 11.5 Å². The van der Waals surface area contributed by atoms with Gasteiger partial charge in [0, 0.05) is 5.56 Å². The third kappa shape index (κ3) is 1.50. The molecule has 0 atom stereocenters. The second-order valence-electron chi connectivity index (χ2n) is 3.86. The summed E-state index contributed by atoms with van der Waals surface area (Å²) in [4.78, 5) is 10.7. The highest BCUT2D eigenvalue weighted by molar-refractivity contribution is 5.95. The standard InChI is InChI=1S/C14H8FNO2/c15-13-10(8-17)6-7-11-12(13)14(16-18-11)9-4-2-1-3-5-9/h1-8H. The fraction of sp³-hybridized carbons (Fsp3) is 0. The Hall–Kier alpha value is -2.49. The first kappa shape index (κ1) is 10.7. The molecule has 0 saturated carbocycles. The average molecular weight is 241 g/mol. The molecule has 18 heavy (non-hydrogen) atoms. The Morgan fingerprint density at radius 3 is 2.61 bits per heavy atom. The van der Waals surface area contributed by atoms with Gasteiger partial charge in [0.25, 0.3) is 0 Å². The van der Waals surface area contributed by atoms with E-state index in [1.807, 2.05) is 30.3 Å². The monoisotopic (exact) mass is 241 g/mol. The number of rotatable bonds is 2. The largest absolute Gasteiger partial charge is 0.356 e. The van der Waals surface area contributed by atoms with Crippen molar-refractivity contribution < 1.29 is 13.7 Å². The number of halogens is 1. The Morgan fingerprint density at radius 2 is 1.89 bits per heavy atom. The van der Waals surface area contributed by atoms with Crippen LogP contribution in [0.15, 0.2) is 47.0 Å². The Labute approximate surface area is 102 Å². The van der Waals surface area contributed by atoms with Gasteiger partial charge in [-0.1, -0.05) is 35.5 Å². The summed E-state index contributed by atoms with van der Waals surface area (Å²) in [6.45, 7) is 0. The molecule has 0 bridgehead atoms. The highest BCUT2D eigenvalue weighted by Gasteiger charge is 2.17. The van der Waals surface area contributed by atoms with E-state index in [2.05, 4.69) is 5.16 Å². The highest BCUT2D eigenvalue weighted by atomic mass is 19.1. The number of hydrogen-bond donors (Lipinski definition) is 0. The van der Waals surface area contributed by atoms with Crippen molar-refractivity contribution in [2.75, 3.05) is 0 Å². The SMILES string of the molecule is O=Cc1ccc2onc(-c3ccccc3)c2c1F. The molecule has 1 aromatic heterocycles. The first-order chi connectivity index (χ1) is 8.81. The molecule has 1 heterocycles. The Morgan fingerprint density at radius 1 is 1.11 bits per heavy atom. The zero-order valence-corrected chi connectivity index (χ0v) is 9.26. The van der Waals surface area contributed by atoms with Crippen LogP contribution in [0.2, 0.25) is 0 Å². The molecule has 0 saturated heterocycles. The summed E-state index contributed by atoms with van der Waals surface area (Å²) in [5, 5.41) is 4.11. The number of benzene rings is 2. The van der Waals surface area contributed by atoms with Crippen LogP contribution in [0, 0.1) is 5.82 Å². The molecule has 0 spiro atoms. The maximum atomic E-state index is 14.1. The van der Waals surface area contributed by atoms with Gasteiger partial charge in [0.2, 0.25) is 0 Å². The molecule has 0 unspecified atom stereocenters. The van der Waals surface area contributed by atoms with Crippen molar-refractivity contribution in [1.82, 2.24) is 5.16 Å². The number of aromatic nitrogens is 1. The van der Waals surface area contributed by atoms with Gasteiger partial charge in [0.15, 0.2) is 11.9 Å². The topological polar surface area (TPSA) is 43.1 Å². The minimum Gasteiger partial charge on any atom is -0.356 e. The Balaban J connectivity index is 2.35. The van der Waals surface area contributed by atoms with Crippen molar-refractivity contribution in [1.29, 1.82) is 0 Å². The molecule has 88 valence electrons. The molecule has 4 heteroatoms. The van der Waals surface area contributed by atoms with Crippen molar-refractivity contribution in [3.8, 4) is 11.3 Å². The van der Waals surface area contributed by atoms with Crippen LogP contribution in [0.4, 0.5) is 4.39 Å². The molecule has 3 aromatic rings. The van der Waals surface area contributed by atoms with Crippen molar-refractivity contribution in [3.63, 3.8) is 0 Å². The van der Waals surface area contributed by atoms with Crippen molar-refractivity contribution in [3.05, 3.63) is 53.8 Å². The number of nitrogens with zero attached hydrogens (tertiary/aromatic N) is 1. The molecule has 2 aromatic carbocycles. The lowest BCUT2D eigenvalue weighted by Gasteiger charge is -1.98. The fourth-order valence-electron chi connectivity index (χ4n) is 1.90. The van der Waals surface area contributed by atoms with E-state index in [1.165, 1.54) is 6.07 Å². The van der Waals surface area contributed by atoms with Gasteiger partial charge in [0.05, 0.1) is 10.9 Å². The molecule has 0 fully saturated rings. The predicted molar refractivity (Wildman–Crippen MR) is 64.8 cm³/mol. The lowest BCUT2D eigenvalue weighted by atomic mass is 10.1. The van der Waals surface area contributed by atoms with E-state index in [0.29, 0.717) is 17.6 Å². The number of hydrogen-bond acceptors (Lipinski definition) is 3. The van der Waals surface area contributed by atoms with E-state index >= 15 is 0 Å².